The molecule has 1 aliphatic rings. The maximum absolute atomic E-state index is 6.80. The lowest BCUT2D eigenvalue weighted by atomic mass is 10.0. The number of hydrogen-bond donors (Lipinski definition) is 0. The van der Waals surface area contributed by atoms with Gasteiger partial charge >= 0.3 is 0 Å². The van der Waals surface area contributed by atoms with Gasteiger partial charge in [-0.2, -0.15) is 0 Å². The molecule has 1 aliphatic carbocycles. The average molecular weight is 388 g/mol. The van der Waals surface area contributed by atoms with Crippen LogP contribution in [0.3, 0.4) is 0 Å². The van der Waals surface area contributed by atoms with Crippen LogP contribution < -0.4 is 0 Å². The Morgan fingerprint density at radius 1 is 1.08 bits per heavy atom. The van der Waals surface area contributed by atoms with Crippen molar-refractivity contribution in [3.05, 3.63) is 28.0 Å². The summed E-state index contributed by atoms with van der Waals surface area (Å²) in [6, 6.07) is 3.41. The number of halogens is 2. The van der Waals surface area contributed by atoms with Gasteiger partial charge in [0.2, 0.25) is 0 Å². The molecule has 0 radical (unpaired) electrons. The van der Waals surface area contributed by atoms with Gasteiger partial charge in [-0.1, -0.05) is 76.1 Å². The predicted molar refractivity (Wildman–Crippen MR) is 106 cm³/mol. The Balaban J connectivity index is 2.13. The average Bonchev–Trinajstić information content (AvgIpc) is 3.40. The standard InChI is InChI=1S/C19H31Cl2NOSi/c1-4-24(5-2,6-3)23-18(10-8-7-9-15-11-12-15)19-16(20)13-22-14-17(19)21/h13-15,18H,4-12H2,1-3H3. The number of hydrogen-bond acceptors (Lipinski definition) is 2. The molecule has 1 aromatic rings. The zero-order valence-corrected chi connectivity index (χ0v) is 17.8. The molecule has 2 nitrogen and oxygen atoms in total. The normalized spacial score (nSPS) is 16.4. The number of pyridine rings is 1. The van der Waals surface area contributed by atoms with E-state index in [1.807, 2.05) is 0 Å². The molecule has 0 aromatic carbocycles. The van der Waals surface area contributed by atoms with Gasteiger partial charge in [0.15, 0.2) is 8.32 Å². The van der Waals surface area contributed by atoms with Crippen molar-refractivity contribution in [1.29, 1.82) is 0 Å². The summed E-state index contributed by atoms with van der Waals surface area (Å²) in [5, 5.41) is 1.28. The van der Waals surface area contributed by atoms with E-state index in [9.17, 15) is 0 Å². The summed E-state index contributed by atoms with van der Waals surface area (Å²) in [7, 11) is -1.72. The summed E-state index contributed by atoms with van der Waals surface area (Å²) in [6.45, 7) is 6.79. The lowest BCUT2D eigenvalue weighted by molar-refractivity contribution is 0.175. The number of unbranched alkanes of at least 4 members (excludes halogenated alkanes) is 1. The summed E-state index contributed by atoms with van der Waals surface area (Å²) in [5.41, 5.74) is 0.951. The molecule has 1 saturated carbocycles. The van der Waals surface area contributed by atoms with Gasteiger partial charge in [-0.15, -0.1) is 0 Å². The third kappa shape index (κ3) is 5.45. The van der Waals surface area contributed by atoms with Gasteiger partial charge in [0.1, 0.15) is 0 Å². The Morgan fingerprint density at radius 2 is 1.67 bits per heavy atom. The first kappa shape index (κ1) is 20.2. The van der Waals surface area contributed by atoms with Crippen LogP contribution in [0.25, 0.3) is 0 Å². The highest BCUT2D eigenvalue weighted by molar-refractivity contribution is 6.73. The van der Waals surface area contributed by atoms with Crippen molar-refractivity contribution in [2.45, 2.75) is 83.5 Å². The van der Waals surface area contributed by atoms with Crippen LogP contribution in [0.1, 0.15) is 71.0 Å². The highest BCUT2D eigenvalue weighted by Gasteiger charge is 2.34. The van der Waals surface area contributed by atoms with E-state index in [1.165, 1.54) is 32.1 Å². The fraction of sp³-hybridized carbons (Fsp3) is 0.737. The topological polar surface area (TPSA) is 22.1 Å². The molecule has 1 atom stereocenters. The first-order valence-electron chi connectivity index (χ1n) is 9.52. The van der Waals surface area contributed by atoms with E-state index in [1.54, 1.807) is 12.4 Å². The summed E-state index contributed by atoms with van der Waals surface area (Å²) >= 11 is 12.9. The molecular formula is C19H31Cl2NOSi. The Bertz CT molecular complexity index is 490. The molecule has 0 amide bonds. The van der Waals surface area contributed by atoms with Crippen molar-refractivity contribution in [3.63, 3.8) is 0 Å². The first-order valence-corrected chi connectivity index (χ1v) is 12.8. The van der Waals surface area contributed by atoms with Crippen LogP contribution in [0.5, 0.6) is 0 Å². The summed E-state index contributed by atoms with van der Waals surface area (Å²) in [6.07, 6.45) is 11.1. The SMILES string of the molecule is CC[Si](CC)(CC)OC(CCCCC1CC1)c1c(Cl)cncc1Cl. The number of rotatable bonds is 11. The third-order valence-corrected chi connectivity index (χ3v) is 10.8. The van der Waals surface area contributed by atoms with Crippen molar-refractivity contribution in [1.82, 2.24) is 4.98 Å². The Hall–Kier alpha value is -0.0931. The summed E-state index contributed by atoms with van der Waals surface area (Å²) < 4.78 is 6.80. The van der Waals surface area contributed by atoms with Crippen LogP contribution in [0, 0.1) is 5.92 Å². The van der Waals surface area contributed by atoms with E-state index < -0.39 is 8.32 Å². The minimum Gasteiger partial charge on any atom is -0.410 e. The van der Waals surface area contributed by atoms with Crippen molar-refractivity contribution in [2.75, 3.05) is 0 Å². The molecule has 0 saturated heterocycles. The smallest absolute Gasteiger partial charge is 0.192 e. The molecule has 1 aromatic heterocycles. The predicted octanol–water partition coefficient (Wildman–Crippen LogP) is 7.42. The largest absolute Gasteiger partial charge is 0.410 e. The molecule has 1 unspecified atom stereocenters. The van der Waals surface area contributed by atoms with Gasteiger partial charge in [-0.05, 0) is 30.5 Å². The maximum atomic E-state index is 6.80. The van der Waals surface area contributed by atoms with Crippen LogP contribution in [0.2, 0.25) is 28.2 Å². The second kappa shape index (κ2) is 9.56. The monoisotopic (exact) mass is 387 g/mol. The molecule has 24 heavy (non-hydrogen) atoms. The van der Waals surface area contributed by atoms with Crippen molar-refractivity contribution in [2.24, 2.45) is 5.92 Å². The number of nitrogens with zero attached hydrogens (tertiary/aromatic N) is 1. The fourth-order valence-corrected chi connectivity index (χ4v) is 6.91. The van der Waals surface area contributed by atoms with Gasteiger partial charge in [0, 0.05) is 18.0 Å². The highest BCUT2D eigenvalue weighted by Crippen LogP contribution is 2.40. The van der Waals surface area contributed by atoms with Gasteiger partial charge in [0.25, 0.3) is 0 Å². The van der Waals surface area contributed by atoms with Gasteiger partial charge < -0.3 is 4.43 Å². The molecular weight excluding hydrogens is 357 g/mol. The molecule has 0 bridgehead atoms. The summed E-state index contributed by atoms with van der Waals surface area (Å²) in [5.74, 6) is 0.993. The highest BCUT2D eigenvalue weighted by atomic mass is 35.5. The Kier molecular flexibility index (Phi) is 8.06. The Morgan fingerprint density at radius 3 is 2.17 bits per heavy atom. The molecule has 0 spiro atoms. The summed E-state index contributed by atoms with van der Waals surface area (Å²) in [4.78, 5) is 4.10. The molecule has 2 rings (SSSR count). The van der Waals surface area contributed by atoms with Crippen molar-refractivity contribution >= 4 is 31.5 Å². The van der Waals surface area contributed by atoms with Gasteiger partial charge in [-0.25, -0.2) is 0 Å². The van der Waals surface area contributed by atoms with Crippen molar-refractivity contribution in [3.8, 4) is 0 Å². The van der Waals surface area contributed by atoms with E-state index in [0.29, 0.717) is 10.0 Å². The van der Waals surface area contributed by atoms with E-state index in [0.717, 1.165) is 36.0 Å². The van der Waals surface area contributed by atoms with Gasteiger partial charge in [-0.3, -0.25) is 4.98 Å². The van der Waals surface area contributed by atoms with Crippen LogP contribution in [-0.4, -0.2) is 13.3 Å². The van der Waals surface area contributed by atoms with Crippen LogP contribution >= 0.6 is 23.2 Å². The second-order valence-corrected chi connectivity index (χ2v) is 12.6. The minimum absolute atomic E-state index is 0.0127. The molecule has 0 N–H and O–H groups in total. The molecule has 136 valence electrons. The van der Waals surface area contributed by atoms with E-state index in [-0.39, 0.29) is 6.10 Å². The zero-order chi connectivity index (χ0) is 17.6. The number of aromatic nitrogens is 1. The van der Waals surface area contributed by atoms with Crippen LogP contribution in [0.4, 0.5) is 0 Å². The maximum Gasteiger partial charge on any atom is 0.192 e. The zero-order valence-electron chi connectivity index (χ0n) is 15.3. The van der Waals surface area contributed by atoms with Crippen LogP contribution in [0.15, 0.2) is 12.4 Å². The van der Waals surface area contributed by atoms with E-state index in [2.05, 4.69) is 25.8 Å². The molecule has 0 aliphatic heterocycles. The fourth-order valence-electron chi connectivity index (χ4n) is 3.46. The van der Waals surface area contributed by atoms with E-state index >= 15 is 0 Å². The van der Waals surface area contributed by atoms with E-state index in [4.69, 9.17) is 27.6 Å². The molecule has 5 heteroatoms. The quantitative estimate of drug-likeness (QED) is 0.291. The second-order valence-electron chi connectivity index (χ2n) is 7.09. The lowest BCUT2D eigenvalue weighted by Crippen LogP contribution is -2.37. The third-order valence-electron chi connectivity index (χ3n) is 5.56. The minimum atomic E-state index is -1.72. The lowest BCUT2D eigenvalue weighted by Gasteiger charge is -2.34. The van der Waals surface area contributed by atoms with Crippen LogP contribution in [-0.2, 0) is 4.43 Å². The Labute approximate surface area is 158 Å². The first-order chi connectivity index (χ1) is 11.5. The van der Waals surface area contributed by atoms with Crippen molar-refractivity contribution < 1.29 is 4.43 Å². The molecule has 1 fully saturated rings. The van der Waals surface area contributed by atoms with Gasteiger partial charge in [0.05, 0.1) is 16.1 Å². The molecule has 1 heterocycles.